The summed E-state index contributed by atoms with van der Waals surface area (Å²) in [5.74, 6) is -1.24. The van der Waals surface area contributed by atoms with Gasteiger partial charge < -0.3 is 15.2 Å². The van der Waals surface area contributed by atoms with E-state index in [-0.39, 0.29) is 24.2 Å². The smallest absolute Gasteiger partial charge is 0.355 e. The number of hydrogen-bond acceptors (Lipinski definition) is 5. The van der Waals surface area contributed by atoms with Crippen LogP contribution in [0.5, 0.6) is 0 Å². The average molecular weight is 326 g/mol. The molecule has 0 saturated heterocycles. The molecule has 0 bridgehead atoms. The third-order valence-electron chi connectivity index (χ3n) is 3.75. The summed E-state index contributed by atoms with van der Waals surface area (Å²) in [4.78, 5) is 26.7. The molecule has 1 amide bonds. The minimum atomic E-state index is -1.06. The van der Waals surface area contributed by atoms with Crippen LogP contribution in [0.4, 0.5) is 0 Å². The van der Waals surface area contributed by atoms with Gasteiger partial charge in [-0.25, -0.2) is 9.78 Å². The summed E-state index contributed by atoms with van der Waals surface area (Å²) in [6.07, 6.45) is 6.53. The van der Waals surface area contributed by atoms with E-state index >= 15 is 0 Å². The van der Waals surface area contributed by atoms with Crippen molar-refractivity contribution >= 4 is 23.2 Å². The molecule has 22 heavy (non-hydrogen) atoms. The summed E-state index contributed by atoms with van der Waals surface area (Å²) >= 11 is 1.22. The molecule has 0 aliphatic heterocycles. The predicted octanol–water partition coefficient (Wildman–Crippen LogP) is 2.59. The first-order valence-electron chi connectivity index (χ1n) is 7.67. The summed E-state index contributed by atoms with van der Waals surface area (Å²) in [5.41, 5.74) is 0.0111. The van der Waals surface area contributed by atoms with E-state index in [1.54, 1.807) is 6.92 Å². The number of aromatic carboxylic acids is 1. The second kappa shape index (κ2) is 8.24. The van der Waals surface area contributed by atoms with E-state index in [9.17, 15) is 9.59 Å². The minimum absolute atomic E-state index is 0.0111. The van der Waals surface area contributed by atoms with Crippen LogP contribution in [0, 0.1) is 0 Å². The number of hydrogen-bond donors (Lipinski definition) is 2. The molecule has 1 saturated carbocycles. The standard InChI is InChI=1S/C15H22N2O4S/c1-10(21-11-6-4-2-3-5-7-11)14(18)16-8-13-17-12(9-22-13)15(19)20/h9-11H,2-8H2,1H3,(H,16,18)(H,19,20). The van der Waals surface area contributed by atoms with E-state index in [0.29, 0.717) is 5.01 Å². The summed E-state index contributed by atoms with van der Waals surface area (Å²) in [6.45, 7) is 1.99. The molecule has 1 aliphatic carbocycles. The number of carbonyl (C=O) groups is 2. The summed E-state index contributed by atoms with van der Waals surface area (Å²) < 4.78 is 5.84. The van der Waals surface area contributed by atoms with Crippen LogP contribution in [-0.2, 0) is 16.1 Å². The molecule has 1 fully saturated rings. The number of aromatic nitrogens is 1. The second-order valence-corrected chi connectivity index (χ2v) is 6.48. The molecular weight excluding hydrogens is 304 g/mol. The van der Waals surface area contributed by atoms with Crippen molar-refractivity contribution < 1.29 is 19.4 Å². The van der Waals surface area contributed by atoms with Gasteiger partial charge >= 0.3 is 5.97 Å². The third-order valence-corrected chi connectivity index (χ3v) is 4.60. The number of carbonyl (C=O) groups excluding carboxylic acids is 1. The number of amides is 1. The number of ether oxygens (including phenoxy) is 1. The molecule has 6 nitrogen and oxygen atoms in total. The van der Waals surface area contributed by atoms with Crippen molar-refractivity contribution in [1.29, 1.82) is 0 Å². The van der Waals surface area contributed by atoms with Gasteiger partial charge in [0, 0.05) is 5.38 Å². The number of carboxylic acids is 1. The maximum Gasteiger partial charge on any atom is 0.355 e. The van der Waals surface area contributed by atoms with Crippen molar-refractivity contribution in [2.24, 2.45) is 0 Å². The van der Waals surface area contributed by atoms with Gasteiger partial charge in [0.05, 0.1) is 12.6 Å². The van der Waals surface area contributed by atoms with Crippen LogP contribution < -0.4 is 5.32 Å². The Morgan fingerprint density at radius 1 is 1.41 bits per heavy atom. The number of nitrogens with one attached hydrogen (secondary N) is 1. The van der Waals surface area contributed by atoms with Crippen LogP contribution in [0.15, 0.2) is 5.38 Å². The van der Waals surface area contributed by atoms with Gasteiger partial charge in [0.15, 0.2) is 5.69 Å². The second-order valence-electron chi connectivity index (χ2n) is 5.54. The summed E-state index contributed by atoms with van der Waals surface area (Å²) in [5, 5.41) is 13.6. The maximum absolute atomic E-state index is 12.0. The van der Waals surface area contributed by atoms with Crippen LogP contribution in [0.3, 0.4) is 0 Å². The first kappa shape index (κ1) is 16.9. The number of nitrogens with zero attached hydrogens (tertiary/aromatic N) is 1. The van der Waals surface area contributed by atoms with Crippen LogP contribution in [0.2, 0.25) is 0 Å². The predicted molar refractivity (Wildman–Crippen MR) is 83.0 cm³/mol. The molecule has 1 aromatic heterocycles. The van der Waals surface area contributed by atoms with E-state index < -0.39 is 12.1 Å². The van der Waals surface area contributed by atoms with Gasteiger partial charge in [-0.05, 0) is 19.8 Å². The maximum atomic E-state index is 12.0. The Labute approximate surface area is 133 Å². The lowest BCUT2D eigenvalue weighted by atomic mass is 10.1. The molecule has 0 aromatic carbocycles. The number of rotatable bonds is 6. The van der Waals surface area contributed by atoms with Gasteiger partial charge in [-0.1, -0.05) is 25.7 Å². The minimum Gasteiger partial charge on any atom is -0.476 e. The highest BCUT2D eigenvalue weighted by Gasteiger charge is 2.20. The van der Waals surface area contributed by atoms with E-state index in [1.165, 1.54) is 29.6 Å². The first-order chi connectivity index (χ1) is 10.6. The zero-order valence-corrected chi connectivity index (χ0v) is 13.5. The molecule has 1 heterocycles. The van der Waals surface area contributed by atoms with Crippen molar-refractivity contribution in [2.75, 3.05) is 0 Å². The molecule has 2 N–H and O–H groups in total. The van der Waals surface area contributed by atoms with Crippen molar-refractivity contribution in [3.8, 4) is 0 Å². The normalized spacial score (nSPS) is 17.7. The van der Waals surface area contributed by atoms with Crippen molar-refractivity contribution in [3.63, 3.8) is 0 Å². The molecule has 0 radical (unpaired) electrons. The lowest BCUT2D eigenvalue weighted by Gasteiger charge is -2.20. The Kier molecular flexibility index (Phi) is 6.33. The molecule has 0 spiro atoms. The van der Waals surface area contributed by atoms with Gasteiger partial charge in [-0.3, -0.25) is 4.79 Å². The van der Waals surface area contributed by atoms with Crippen LogP contribution >= 0.6 is 11.3 Å². The van der Waals surface area contributed by atoms with Crippen molar-refractivity contribution in [2.45, 2.75) is 64.2 Å². The first-order valence-corrected chi connectivity index (χ1v) is 8.55. The monoisotopic (exact) mass is 326 g/mol. The Bertz CT molecular complexity index is 509. The summed E-state index contributed by atoms with van der Waals surface area (Å²) in [7, 11) is 0. The molecule has 1 unspecified atom stereocenters. The van der Waals surface area contributed by atoms with Crippen molar-refractivity contribution in [3.05, 3.63) is 16.1 Å². The van der Waals surface area contributed by atoms with Gasteiger partial charge in [0.25, 0.3) is 0 Å². The molecule has 1 aromatic rings. The highest BCUT2D eigenvalue weighted by molar-refractivity contribution is 7.09. The van der Waals surface area contributed by atoms with Gasteiger partial charge in [0.2, 0.25) is 5.91 Å². The Morgan fingerprint density at radius 2 is 2.09 bits per heavy atom. The highest BCUT2D eigenvalue weighted by atomic mass is 32.1. The number of carboxylic acid groups (broad SMARTS) is 1. The van der Waals surface area contributed by atoms with Gasteiger partial charge in [-0.15, -0.1) is 11.3 Å². The molecule has 2 rings (SSSR count). The van der Waals surface area contributed by atoms with Gasteiger partial charge in [-0.2, -0.15) is 0 Å². The van der Waals surface area contributed by atoms with E-state index in [1.807, 2.05) is 0 Å². The Morgan fingerprint density at radius 3 is 2.68 bits per heavy atom. The fourth-order valence-electron chi connectivity index (χ4n) is 2.53. The summed E-state index contributed by atoms with van der Waals surface area (Å²) in [6, 6.07) is 0. The Balaban J connectivity index is 1.76. The lowest BCUT2D eigenvalue weighted by Crippen LogP contribution is -2.36. The molecular formula is C15H22N2O4S. The fourth-order valence-corrected chi connectivity index (χ4v) is 3.23. The highest BCUT2D eigenvalue weighted by Crippen LogP contribution is 2.21. The fraction of sp³-hybridized carbons (Fsp3) is 0.667. The molecule has 7 heteroatoms. The van der Waals surface area contributed by atoms with Crippen LogP contribution in [0.1, 0.15) is 60.9 Å². The zero-order chi connectivity index (χ0) is 15.9. The quantitative estimate of drug-likeness (QED) is 0.784. The number of thiazole rings is 1. The van der Waals surface area contributed by atoms with E-state index in [2.05, 4.69) is 10.3 Å². The Hall–Kier alpha value is -1.47. The van der Waals surface area contributed by atoms with E-state index in [4.69, 9.17) is 9.84 Å². The van der Waals surface area contributed by atoms with Gasteiger partial charge in [0.1, 0.15) is 11.1 Å². The zero-order valence-electron chi connectivity index (χ0n) is 12.7. The van der Waals surface area contributed by atoms with Crippen LogP contribution in [-0.4, -0.2) is 34.2 Å². The SMILES string of the molecule is CC(OC1CCCCCC1)C(=O)NCc1nc(C(=O)O)cs1. The molecule has 122 valence electrons. The average Bonchev–Trinajstić information content (AvgIpc) is 2.83. The van der Waals surface area contributed by atoms with Crippen molar-refractivity contribution in [1.82, 2.24) is 10.3 Å². The lowest BCUT2D eigenvalue weighted by molar-refractivity contribution is -0.136. The molecule has 1 atom stereocenters. The molecule has 1 aliphatic rings. The van der Waals surface area contributed by atoms with E-state index in [0.717, 1.165) is 25.7 Å². The third kappa shape index (κ3) is 5.06. The largest absolute Gasteiger partial charge is 0.476 e. The topological polar surface area (TPSA) is 88.5 Å². The van der Waals surface area contributed by atoms with Crippen LogP contribution in [0.25, 0.3) is 0 Å².